The van der Waals surface area contributed by atoms with Crippen LogP contribution < -0.4 is 10.1 Å². The quantitative estimate of drug-likeness (QED) is 0.403. The van der Waals surface area contributed by atoms with Crippen LogP contribution in [0.3, 0.4) is 0 Å². The SMILES string of the molecule is COc1cc2ccccc2cc1C(=O)OC(C)C(=O)Nc1ccccc1-c1ccccc1. The van der Waals surface area contributed by atoms with Gasteiger partial charge in [0.1, 0.15) is 11.3 Å². The fourth-order valence-electron chi connectivity index (χ4n) is 3.52. The summed E-state index contributed by atoms with van der Waals surface area (Å²) in [6, 6.07) is 28.4. The highest BCUT2D eigenvalue weighted by molar-refractivity contribution is 6.02. The second-order valence-electron chi connectivity index (χ2n) is 7.35. The Kier molecular flexibility index (Phi) is 6.17. The number of ether oxygens (including phenoxy) is 2. The molecule has 0 aliphatic rings. The van der Waals surface area contributed by atoms with Crippen LogP contribution >= 0.6 is 0 Å². The maximum atomic E-state index is 12.8. The molecule has 4 rings (SSSR count). The lowest BCUT2D eigenvalue weighted by molar-refractivity contribution is -0.123. The van der Waals surface area contributed by atoms with Crippen molar-refractivity contribution in [1.82, 2.24) is 0 Å². The van der Waals surface area contributed by atoms with Crippen molar-refractivity contribution < 1.29 is 19.1 Å². The normalized spacial score (nSPS) is 11.6. The zero-order valence-electron chi connectivity index (χ0n) is 17.9. The van der Waals surface area contributed by atoms with Gasteiger partial charge in [-0.2, -0.15) is 0 Å². The summed E-state index contributed by atoms with van der Waals surface area (Å²) in [5.41, 5.74) is 2.79. The third-order valence-electron chi connectivity index (χ3n) is 5.21. The lowest BCUT2D eigenvalue weighted by atomic mass is 10.0. The molecule has 1 N–H and O–H groups in total. The van der Waals surface area contributed by atoms with Gasteiger partial charge in [-0.3, -0.25) is 4.79 Å². The van der Waals surface area contributed by atoms with Crippen LogP contribution in [-0.4, -0.2) is 25.1 Å². The van der Waals surface area contributed by atoms with Crippen LogP contribution in [0.25, 0.3) is 21.9 Å². The smallest absolute Gasteiger partial charge is 0.342 e. The summed E-state index contributed by atoms with van der Waals surface area (Å²) in [5.74, 6) is -0.635. The second-order valence-corrected chi connectivity index (χ2v) is 7.35. The molecule has 0 saturated heterocycles. The molecule has 4 aromatic carbocycles. The summed E-state index contributed by atoms with van der Waals surface area (Å²) in [6.45, 7) is 1.55. The molecular weight excluding hydrogens is 402 g/mol. The van der Waals surface area contributed by atoms with Crippen LogP contribution in [0.2, 0.25) is 0 Å². The molecule has 1 amide bonds. The zero-order chi connectivity index (χ0) is 22.5. The van der Waals surface area contributed by atoms with Gasteiger partial charge in [0.15, 0.2) is 6.10 Å². The van der Waals surface area contributed by atoms with Crippen LogP contribution in [0.5, 0.6) is 5.75 Å². The second kappa shape index (κ2) is 9.35. The van der Waals surface area contributed by atoms with Crippen molar-refractivity contribution in [3.8, 4) is 16.9 Å². The third-order valence-corrected chi connectivity index (χ3v) is 5.21. The van der Waals surface area contributed by atoms with E-state index in [1.165, 1.54) is 7.11 Å². The predicted molar refractivity (Wildman–Crippen MR) is 126 cm³/mol. The molecule has 1 atom stereocenters. The van der Waals surface area contributed by atoms with E-state index in [2.05, 4.69) is 5.32 Å². The first-order valence-corrected chi connectivity index (χ1v) is 10.3. The number of benzene rings is 4. The number of carbonyl (C=O) groups excluding carboxylic acids is 2. The molecule has 160 valence electrons. The van der Waals surface area contributed by atoms with Gasteiger partial charge in [0.05, 0.1) is 7.11 Å². The van der Waals surface area contributed by atoms with E-state index in [0.29, 0.717) is 11.4 Å². The minimum Gasteiger partial charge on any atom is -0.496 e. The molecule has 32 heavy (non-hydrogen) atoms. The topological polar surface area (TPSA) is 64.6 Å². The molecule has 0 heterocycles. The van der Waals surface area contributed by atoms with Gasteiger partial charge in [0, 0.05) is 11.3 Å². The molecule has 0 aliphatic heterocycles. The van der Waals surface area contributed by atoms with Gasteiger partial charge in [-0.15, -0.1) is 0 Å². The average molecular weight is 425 g/mol. The minimum absolute atomic E-state index is 0.274. The number of fused-ring (bicyclic) bond motifs is 1. The van der Waals surface area contributed by atoms with Crippen LogP contribution in [0, 0.1) is 0 Å². The van der Waals surface area contributed by atoms with Crippen molar-refractivity contribution in [1.29, 1.82) is 0 Å². The van der Waals surface area contributed by atoms with Crippen LogP contribution in [-0.2, 0) is 9.53 Å². The maximum Gasteiger partial charge on any atom is 0.342 e. The molecular formula is C27H23NO4. The number of esters is 1. The number of amides is 1. The Balaban J connectivity index is 1.52. The highest BCUT2D eigenvalue weighted by Gasteiger charge is 2.22. The van der Waals surface area contributed by atoms with Crippen molar-refractivity contribution in [2.24, 2.45) is 0 Å². The van der Waals surface area contributed by atoms with Gasteiger partial charge in [-0.1, -0.05) is 72.8 Å². The van der Waals surface area contributed by atoms with Gasteiger partial charge in [0.25, 0.3) is 5.91 Å². The highest BCUT2D eigenvalue weighted by atomic mass is 16.5. The number of anilines is 1. The lowest BCUT2D eigenvalue weighted by Gasteiger charge is -2.17. The van der Waals surface area contributed by atoms with Crippen molar-refractivity contribution in [3.63, 3.8) is 0 Å². The number of para-hydroxylation sites is 1. The van der Waals surface area contributed by atoms with Crippen molar-refractivity contribution in [3.05, 3.63) is 96.6 Å². The number of hydrogen-bond acceptors (Lipinski definition) is 4. The number of nitrogens with one attached hydrogen (secondary N) is 1. The summed E-state index contributed by atoms with van der Waals surface area (Å²) < 4.78 is 10.9. The fourth-order valence-corrected chi connectivity index (χ4v) is 3.52. The first kappa shape index (κ1) is 21.1. The predicted octanol–water partition coefficient (Wildman–Crippen LogP) is 5.70. The van der Waals surface area contributed by atoms with Crippen molar-refractivity contribution in [2.45, 2.75) is 13.0 Å². The first-order chi connectivity index (χ1) is 15.6. The Morgan fingerprint density at radius 2 is 1.44 bits per heavy atom. The number of hydrogen-bond donors (Lipinski definition) is 1. The lowest BCUT2D eigenvalue weighted by Crippen LogP contribution is -2.30. The number of methoxy groups -OCH3 is 1. The number of rotatable bonds is 6. The summed E-state index contributed by atoms with van der Waals surface area (Å²) in [4.78, 5) is 25.7. The minimum atomic E-state index is -0.998. The Bertz CT molecular complexity index is 1270. The Morgan fingerprint density at radius 1 is 0.812 bits per heavy atom. The number of carbonyl (C=O) groups is 2. The van der Waals surface area contributed by atoms with Crippen molar-refractivity contribution >= 4 is 28.3 Å². The maximum absolute atomic E-state index is 12.8. The van der Waals surface area contributed by atoms with Gasteiger partial charge in [-0.05, 0) is 41.5 Å². The van der Waals surface area contributed by atoms with Crippen molar-refractivity contribution in [2.75, 3.05) is 12.4 Å². The molecule has 1 unspecified atom stereocenters. The third kappa shape index (κ3) is 4.47. The van der Waals surface area contributed by atoms with Crippen LogP contribution in [0.15, 0.2) is 91.0 Å². The zero-order valence-corrected chi connectivity index (χ0v) is 17.9. The fraction of sp³-hybridized carbons (Fsp3) is 0.111. The van der Waals surface area contributed by atoms with Crippen LogP contribution in [0.4, 0.5) is 5.69 Å². The first-order valence-electron chi connectivity index (χ1n) is 10.3. The van der Waals surface area contributed by atoms with E-state index < -0.39 is 18.0 Å². The molecule has 0 saturated carbocycles. The molecule has 5 heteroatoms. The average Bonchev–Trinajstić information content (AvgIpc) is 2.84. The molecule has 4 aromatic rings. The van der Waals surface area contributed by atoms with Gasteiger partial charge in [0.2, 0.25) is 0 Å². The molecule has 0 aliphatic carbocycles. The standard InChI is InChI=1S/C27H23NO4/c1-18(26(29)28-24-15-9-8-14-22(24)19-10-4-3-5-11-19)32-27(30)23-16-20-12-6-7-13-21(20)17-25(23)31-2/h3-18H,1-2H3,(H,28,29). The van der Waals surface area contributed by atoms with E-state index in [9.17, 15) is 9.59 Å². The van der Waals surface area contributed by atoms with E-state index in [0.717, 1.165) is 21.9 Å². The molecule has 0 fully saturated rings. The summed E-state index contributed by atoms with van der Waals surface area (Å²) in [5, 5.41) is 4.71. The van der Waals surface area contributed by atoms with Crippen LogP contribution in [0.1, 0.15) is 17.3 Å². The van der Waals surface area contributed by atoms with E-state index in [1.807, 2.05) is 78.9 Å². The summed E-state index contributed by atoms with van der Waals surface area (Å²) >= 11 is 0. The Hall–Kier alpha value is -4.12. The van der Waals surface area contributed by atoms with E-state index >= 15 is 0 Å². The highest BCUT2D eigenvalue weighted by Crippen LogP contribution is 2.29. The van der Waals surface area contributed by atoms with Gasteiger partial charge in [-0.25, -0.2) is 4.79 Å². The van der Waals surface area contributed by atoms with Gasteiger partial charge >= 0.3 is 5.97 Å². The molecule has 5 nitrogen and oxygen atoms in total. The largest absolute Gasteiger partial charge is 0.496 e. The van der Waals surface area contributed by atoms with Gasteiger partial charge < -0.3 is 14.8 Å². The molecule has 0 radical (unpaired) electrons. The molecule has 0 bridgehead atoms. The van der Waals surface area contributed by atoms with E-state index in [-0.39, 0.29) is 5.56 Å². The Morgan fingerprint density at radius 3 is 2.16 bits per heavy atom. The summed E-state index contributed by atoms with van der Waals surface area (Å²) in [7, 11) is 1.50. The summed E-state index contributed by atoms with van der Waals surface area (Å²) in [6.07, 6.45) is -0.998. The van der Waals surface area contributed by atoms with E-state index in [1.54, 1.807) is 19.1 Å². The monoisotopic (exact) mass is 425 g/mol. The molecule has 0 aromatic heterocycles. The Labute approximate surface area is 186 Å². The van der Waals surface area contributed by atoms with E-state index in [4.69, 9.17) is 9.47 Å². The molecule has 0 spiro atoms.